The Kier molecular flexibility index (Phi) is 4.66. The van der Waals surface area contributed by atoms with Crippen LogP contribution < -0.4 is 4.74 Å². The molecular weight excluding hydrogens is 278 g/mol. The Morgan fingerprint density at radius 2 is 2.13 bits per heavy atom. The van der Waals surface area contributed by atoms with Gasteiger partial charge in [0.25, 0.3) is 0 Å². The molecule has 15 heavy (non-hydrogen) atoms. The van der Waals surface area contributed by atoms with Crippen molar-refractivity contribution in [3.8, 4) is 11.2 Å². The van der Waals surface area contributed by atoms with Crippen molar-refractivity contribution in [3.05, 3.63) is 29.8 Å². The number of Topliss-reactive ketones (excluding diaryl/α,β-unsaturated/α-hetero) is 1. The second kappa shape index (κ2) is 5.79. The predicted molar refractivity (Wildman–Crippen MR) is 63.2 cm³/mol. The zero-order valence-corrected chi connectivity index (χ0v) is 10.3. The number of thiocyanates is 1. The summed E-state index contributed by atoms with van der Waals surface area (Å²) >= 11 is 4.02. The van der Waals surface area contributed by atoms with Gasteiger partial charge >= 0.3 is 0 Å². The molecule has 0 N–H and O–H groups in total. The van der Waals surface area contributed by atoms with E-state index in [1.54, 1.807) is 31.4 Å². The number of hydrogen-bond acceptors (Lipinski definition) is 4. The van der Waals surface area contributed by atoms with Crippen LogP contribution in [0.5, 0.6) is 5.75 Å². The average molecular weight is 286 g/mol. The Bertz CT molecular complexity index is 385. The Morgan fingerprint density at radius 1 is 1.53 bits per heavy atom. The highest BCUT2D eigenvalue weighted by molar-refractivity contribution is 9.11. The van der Waals surface area contributed by atoms with Crippen LogP contribution in [0.25, 0.3) is 0 Å². The van der Waals surface area contributed by atoms with E-state index in [-0.39, 0.29) is 5.78 Å². The Labute approximate surface area is 101 Å². The number of nitriles is 1. The number of alkyl halides is 1. The summed E-state index contributed by atoms with van der Waals surface area (Å²) in [5.41, 5.74) is 0.556. The molecule has 0 radical (unpaired) electrons. The number of rotatable bonds is 4. The summed E-state index contributed by atoms with van der Waals surface area (Å²) in [4.78, 5) is 11.7. The molecule has 0 saturated heterocycles. The molecule has 1 aromatic carbocycles. The quantitative estimate of drug-likeness (QED) is 0.485. The average Bonchev–Trinajstić information content (AvgIpc) is 2.28. The lowest BCUT2D eigenvalue weighted by Gasteiger charge is -2.04. The molecule has 0 saturated carbocycles. The lowest BCUT2D eigenvalue weighted by molar-refractivity contribution is 0.101. The number of nitrogens with zero attached hydrogens (tertiary/aromatic N) is 1. The smallest absolute Gasteiger partial charge is 0.187 e. The van der Waals surface area contributed by atoms with Gasteiger partial charge in [0, 0.05) is 5.56 Å². The van der Waals surface area contributed by atoms with Crippen LogP contribution in [0.15, 0.2) is 24.3 Å². The first-order valence-electron chi connectivity index (χ1n) is 4.06. The number of ketones is 1. The summed E-state index contributed by atoms with van der Waals surface area (Å²) in [7, 11) is 1.57. The number of hydrogen-bond donors (Lipinski definition) is 0. The van der Waals surface area contributed by atoms with Crippen molar-refractivity contribution in [1.82, 2.24) is 0 Å². The molecule has 0 bridgehead atoms. The fourth-order valence-electron chi connectivity index (χ4n) is 0.986. The van der Waals surface area contributed by atoms with Crippen LogP contribution in [-0.2, 0) is 0 Å². The molecule has 0 fully saturated rings. The predicted octanol–water partition coefficient (Wildman–Crippen LogP) is 2.81. The van der Waals surface area contributed by atoms with Crippen LogP contribution in [0.4, 0.5) is 0 Å². The van der Waals surface area contributed by atoms with Gasteiger partial charge in [0.15, 0.2) is 5.78 Å². The number of carbonyl (C=O) groups is 1. The van der Waals surface area contributed by atoms with Gasteiger partial charge in [0.1, 0.15) is 15.3 Å². The van der Waals surface area contributed by atoms with Crippen LogP contribution >= 0.6 is 27.7 Å². The first-order chi connectivity index (χ1) is 7.19. The standard InChI is InChI=1S/C10H8BrNO2S/c1-14-8-4-2-7(3-5-8)9(13)10(11)15-6-12/h2-5,10H,1H3. The summed E-state index contributed by atoms with van der Waals surface area (Å²) in [5, 5.41) is 10.3. The molecule has 78 valence electrons. The van der Waals surface area contributed by atoms with Crippen molar-refractivity contribution in [1.29, 1.82) is 5.26 Å². The highest BCUT2D eigenvalue weighted by Gasteiger charge is 2.17. The van der Waals surface area contributed by atoms with Crippen molar-refractivity contribution in [2.75, 3.05) is 7.11 Å². The topological polar surface area (TPSA) is 50.1 Å². The number of methoxy groups -OCH3 is 1. The molecule has 5 heteroatoms. The van der Waals surface area contributed by atoms with Gasteiger partial charge in [-0.15, -0.1) is 0 Å². The third-order valence-electron chi connectivity index (χ3n) is 1.74. The molecular formula is C10H8BrNO2S. The van der Waals surface area contributed by atoms with E-state index in [1.165, 1.54) is 0 Å². The molecule has 1 atom stereocenters. The lowest BCUT2D eigenvalue weighted by atomic mass is 10.1. The molecule has 0 spiro atoms. The Hall–Kier alpha value is -0.990. The van der Waals surface area contributed by atoms with Gasteiger partial charge in [-0.1, -0.05) is 15.9 Å². The van der Waals surface area contributed by atoms with E-state index in [2.05, 4.69) is 15.9 Å². The highest BCUT2D eigenvalue weighted by Crippen LogP contribution is 2.22. The summed E-state index contributed by atoms with van der Waals surface area (Å²) in [6, 6.07) is 6.77. The van der Waals surface area contributed by atoms with Crippen LogP contribution in [-0.4, -0.2) is 17.1 Å². The maximum absolute atomic E-state index is 11.7. The third-order valence-corrected chi connectivity index (χ3v) is 3.24. The van der Waals surface area contributed by atoms with Crippen LogP contribution in [0.2, 0.25) is 0 Å². The molecule has 0 aliphatic heterocycles. The summed E-state index contributed by atoms with van der Waals surface area (Å²) in [6.45, 7) is 0. The molecule has 0 aliphatic rings. The van der Waals surface area contributed by atoms with Crippen LogP contribution in [0.3, 0.4) is 0 Å². The molecule has 0 heterocycles. The van der Waals surface area contributed by atoms with E-state index < -0.39 is 4.16 Å². The maximum atomic E-state index is 11.7. The lowest BCUT2D eigenvalue weighted by Crippen LogP contribution is -2.09. The van der Waals surface area contributed by atoms with Gasteiger partial charge in [-0.3, -0.25) is 4.79 Å². The van der Waals surface area contributed by atoms with Crippen molar-refractivity contribution >= 4 is 33.5 Å². The van der Waals surface area contributed by atoms with Gasteiger partial charge < -0.3 is 4.74 Å². The second-order valence-electron chi connectivity index (χ2n) is 2.62. The van der Waals surface area contributed by atoms with E-state index in [0.29, 0.717) is 11.3 Å². The Balaban J connectivity index is 2.79. The zero-order chi connectivity index (χ0) is 11.3. The Morgan fingerprint density at radius 3 is 2.60 bits per heavy atom. The number of benzene rings is 1. The fourth-order valence-corrected chi connectivity index (χ4v) is 1.84. The zero-order valence-electron chi connectivity index (χ0n) is 7.94. The SMILES string of the molecule is COc1ccc(C(=O)C(Br)SC#N)cc1. The minimum Gasteiger partial charge on any atom is -0.497 e. The monoisotopic (exact) mass is 285 g/mol. The van der Waals surface area contributed by atoms with Crippen LogP contribution in [0, 0.1) is 10.7 Å². The minimum atomic E-state index is -0.518. The van der Waals surface area contributed by atoms with Gasteiger partial charge in [-0.05, 0) is 36.0 Å². The largest absolute Gasteiger partial charge is 0.497 e. The van der Waals surface area contributed by atoms with Crippen molar-refractivity contribution in [3.63, 3.8) is 0 Å². The van der Waals surface area contributed by atoms with Gasteiger partial charge in [-0.25, -0.2) is 0 Å². The molecule has 3 nitrogen and oxygen atoms in total. The highest BCUT2D eigenvalue weighted by atomic mass is 79.9. The van der Waals surface area contributed by atoms with Crippen molar-refractivity contribution < 1.29 is 9.53 Å². The normalized spacial score (nSPS) is 11.5. The summed E-state index contributed by atoms with van der Waals surface area (Å²) in [5.74, 6) is 0.579. The van der Waals surface area contributed by atoms with Gasteiger partial charge in [0.2, 0.25) is 0 Å². The first-order valence-corrected chi connectivity index (χ1v) is 5.85. The number of halogens is 1. The molecule has 1 aromatic rings. The van der Waals surface area contributed by atoms with E-state index in [0.717, 1.165) is 11.8 Å². The maximum Gasteiger partial charge on any atom is 0.187 e. The van der Waals surface area contributed by atoms with Crippen molar-refractivity contribution in [2.45, 2.75) is 4.16 Å². The van der Waals surface area contributed by atoms with E-state index >= 15 is 0 Å². The minimum absolute atomic E-state index is 0.121. The molecule has 1 unspecified atom stereocenters. The second-order valence-corrected chi connectivity index (χ2v) is 5.03. The van der Waals surface area contributed by atoms with Gasteiger partial charge in [-0.2, -0.15) is 5.26 Å². The van der Waals surface area contributed by atoms with Gasteiger partial charge in [0.05, 0.1) is 7.11 Å². The summed E-state index contributed by atoms with van der Waals surface area (Å²) in [6.07, 6.45) is 0. The molecule has 0 amide bonds. The first kappa shape index (κ1) is 12.1. The van der Waals surface area contributed by atoms with E-state index in [1.807, 2.05) is 5.40 Å². The number of thioether (sulfide) groups is 1. The number of carbonyl (C=O) groups excluding carboxylic acids is 1. The molecule has 0 aliphatic carbocycles. The van der Waals surface area contributed by atoms with E-state index in [4.69, 9.17) is 10.00 Å². The van der Waals surface area contributed by atoms with E-state index in [9.17, 15) is 4.79 Å². The summed E-state index contributed by atoms with van der Waals surface area (Å²) < 4.78 is 4.46. The fraction of sp³-hybridized carbons (Fsp3) is 0.200. The number of ether oxygens (including phenoxy) is 1. The molecule has 1 rings (SSSR count). The van der Waals surface area contributed by atoms with Crippen molar-refractivity contribution in [2.24, 2.45) is 0 Å². The van der Waals surface area contributed by atoms with Crippen LogP contribution in [0.1, 0.15) is 10.4 Å². The third kappa shape index (κ3) is 3.26. The molecule has 0 aromatic heterocycles.